The molecule has 1 N–H and O–H groups in total. The molecule has 1 aromatic rings. The van der Waals surface area contributed by atoms with E-state index >= 15 is 0 Å². The van der Waals surface area contributed by atoms with Gasteiger partial charge in [-0.05, 0) is 49.9 Å². The number of hydrogen-bond acceptors (Lipinski definition) is 4. The van der Waals surface area contributed by atoms with Gasteiger partial charge in [0.25, 0.3) is 0 Å². The van der Waals surface area contributed by atoms with Gasteiger partial charge >= 0.3 is 0 Å². The fraction of sp³-hybridized carbons (Fsp3) is 0.571. The molecule has 128 valence electrons. The van der Waals surface area contributed by atoms with E-state index in [-0.39, 0.29) is 23.0 Å². The number of sulfonamides is 2. The van der Waals surface area contributed by atoms with Crippen LogP contribution in [0.15, 0.2) is 29.2 Å². The van der Waals surface area contributed by atoms with Crippen molar-refractivity contribution < 1.29 is 21.2 Å². The second-order valence-corrected chi connectivity index (χ2v) is 9.82. The highest BCUT2D eigenvalue weighted by Gasteiger charge is 2.45. The molecule has 2 unspecified atom stereocenters. The molecule has 6 nitrogen and oxygen atoms in total. The summed E-state index contributed by atoms with van der Waals surface area (Å²) in [7, 11) is -7.00. The van der Waals surface area contributed by atoms with Crippen LogP contribution >= 0.6 is 0 Å². The third-order valence-corrected chi connectivity index (χ3v) is 7.39. The average molecular weight is 362 g/mol. The van der Waals surface area contributed by atoms with Crippen molar-refractivity contribution in [2.75, 3.05) is 6.26 Å². The maximum Gasteiger partial charge on any atom is 0.240 e. The second-order valence-electron chi connectivity index (χ2n) is 6.22. The minimum absolute atomic E-state index is 0.0109. The Morgan fingerprint density at radius 2 is 1.57 bits per heavy atom. The lowest BCUT2D eigenvalue weighted by molar-refractivity contribution is 0.221. The molecule has 2 fully saturated rings. The lowest BCUT2D eigenvalue weighted by Gasteiger charge is -2.37. The summed E-state index contributed by atoms with van der Waals surface area (Å²) in [6.07, 6.45) is 3.63. The van der Waals surface area contributed by atoms with Gasteiger partial charge in [-0.1, -0.05) is 0 Å². The molecule has 2 atom stereocenters. The van der Waals surface area contributed by atoms with E-state index < -0.39 is 25.9 Å². The van der Waals surface area contributed by atoms with Gasteiger partial charge in [-0.2, -0.15) is 4.31 Å². The van der Waals surface area contributed by atoms with Crippen molar-refractivity contribution in [1.29, 1.82) is 0 Å². The van der Waals surface area contributed by atoms with Crippen LogP contribution < -0.4 is 4.72 Å². The number of rotatable bonds is 4. The summed E-state index contributed by atoms with van der Waals surface area (Å²) < 4.78 is 65.5. The second kappa shape index (κ2) is 5.80. The van der Waals surface area contributed by atoms with Gasteiger partial charge < -0.3 is 0 Å². The third-order valence-electron chi connectivity index (χ3n) is 4.49. The van der Waals surface area contributed by atoms with Gasteiger partial charge in [-0.15, -0.1) is 0 Å². The van der Waals surface area contributed by atoms with Crippen LogP contribution in [0.25, 0.3) is 0 Å². The number of benzene rings is 1. The summed E-state index contributed by atoms with van der Waals surface area (Å²) in [5, 5.41) is 0. The minimum Gasteiger partial charge on any atom is -0.212 e. The summed E-state index contributed by atoms with van der Waals surface area (Å²) in [4.78, 5) is 0.0109. The molecule has 0 spiro atoms. The standard InChI is InChI=1S/C14H19FN2O4S2/c1-22(18,19)17-12-4-5-13(17)9-11(8-12)16-23(20,21)14-6-2-10(15)3-7-14/h2-3,6-7,11-13,16H,4-5,8-9H2,1H3. The largest absolute Gasteiger partial charge is 0.240 e. The van der Waals surface area contributed by atoms with Crippen molar-refractivity contribution in [3.05, 3.63) is 30.1 Å². The molecule has 0 aliphatic carbocycles. The lowest BCUT2D eigenvalue weighted by atomic mass is 10.0. The summed E-state index contributed by atoms with van der Waals surface area (Å²) in [6.45, 7) is 0. The highest BCUT2D eigenvalue weighted by Crippen LogP contribution is 2.37. The minimum atomic E-state index is -3.73. The zero-order valence-corrected chi connectivity index (χ0v) is 14.3. The number of piperidine rings is 1. The van der Waals surface area contributed by atoms with Crippen LogP contribution in [0.4, 0.5) is 4.39 Å². The summed E-state index contributed by atoms with van der Waals surface area (Å²) in [6, 6.07) is 4.04. The van der Waals surface area contributed by atoms with E-state index in [9.17, 15) is 21.2 Å². The third kappa shape index (κ3) is 3.42. The van der Waals surface area contributed by atoms with Crippen molar-refractivity contribution >= 4 is 20.0 Å². The van der Waals surface area contributed by atoms with E-state index in [0.29, 0.717) is 12.8 Å². The fourth-order valence-electron chi connectivity index (χ4n) is 3.67. The molecule has 9 heteroatoms. The molecule has 2 aliphatic rings. The highest BCUT2D eigenvalue weighted by atomic mass is 32.2. The van der Waals surface area contributed by atoms with Crippen molar-refractivity contribution in [3.8, 4) is 0 Å². The van der Waals surface area contributed by atoms with E-state index in [1.807, 2.05) is 0 Å². The molecule has 2 aliphatic heterocycles. The van der Waals surface area contributed by atoms with E-state index in [2.05, 4.69) is 4.72 Å². The number of hydrogen-bond donors (Lipinski definition) is 1. The summed E-state index contributed by atoms with van der Waals surface area (Å²) in [5.74, 6) is -0.497. The van der Waals surface area contributed by atoms with Crippen LogP contribution in [0.3, 0.4) is 0 Å². The maximum absolute atomic E-state index is 12.9. The van der Waals surface area contributed by atoms with E-state index in [1.54, 1.807) is 0 Å². The Morgan fingerprint density at radius 3 is 2.04 bits per heavy atom. The molecule has 0 radical (unpaired) electrons. The molecule has 3 rings (SSSR count). The molecular weight excluding hydrogens is 343 g/mol. The van der Waals surface area contributed by atoms with Gasteiger partial charge in [0.05, 0.1) is 11.2 Å². The number of halogens is 1. The Bertz CT molecular complexity index is 779. The van der Waals surface area contributed by atoms with Gasteiger partial charge in [0.2, 0.25) is 20.0 Å². The SMILES string of the molecule is CS(=O)(=O)N1C2CCC1CC(NS(=O)(=O)c1ccc(F)cc1)C2. The van der Waals surface area contributed by atoms with Crippen LogP contribution in [0.1, 0.15) is 25.7 Å². The Kier molecular flexibility index (Phi) is 4.24. The van der Waals surface area contributed by atoms with Gasteiger partial charge in [-0.25, -0.2) is 25.9 Å². The lowest BCUT2D eigenvalue weighted by Crippen LogP contribution is -2.51. The first kappa shape index (κ1) is 16.8. The van der Waals surface area contributed by atoms with Crippen LogP contribution in [0.5, 0.6) is 0 Å². The van der Waals surface area contributed by atoms with Gasteiger partial charge in [0.1, 0.15) is 5.82 Å². The van der Waals surface area contributed by atoms with E-state index in [1.165, 1.54) is 22.7 Å². The summed E-state index contributed by atoms with van der Waals surface area (Å²) in [5.41, 5.74) is 0. The highest BCUT2D eigenvalue weighted by molar-refractivity contribution is 7.89. The average Bonchev–Trinajstić information content (AvgIpc) is 2.72. The molecule has 0 saturated carbocycles. The smallest absolute Gasteiger partial charge is 0.212 e. The first-order valence-corrected chi connectivity index (χ1v) is 10.8. The van der Waals surface area contributed by atoms with Crippen molar-refractivity contribution in [3.63, 3.8) is 0 Å². The Morgan fingerprint density at radius 1 is 1.04 bits per heavy atom. The zero-order valence-electron chi connectivity index (χ0n) is 12.6. The van der Waals surface area contributed by atoms with Gasteiger partial charge in [0, 0.05) is 18.1 Å². The van der Waals surface area contributed by atoms with Crippen LogP contribution in [-0.4, -0.2) is 45.5 Å². The topological polar surface area (TPSA) is 83.6 Å². The molecule has 2 heterocycles. The monoisotopic (exact) mass is 362 g/mol. The normalized spacial score (nSPS) is 28.9. The molecule has 2 bridgehead atoms. The van der Waals surface area contributed by atoms with Crippen molar-refractivity contribution in [2.24, 2.45) is 0 Å². The Hall–Kier alpha value is -1.03. The van der Waals surface area contributed by atoms with Crippen LogP contribution in [0.2, 0.25) is 0 Å². The van der Waals surface area contributed by atoms with Crippen LogP contribution in [-0.2, 0) is 20.0 Å². The number of nitrogens with zero attached hydrogens (tertiary/aromatic N) is 1. The quantitative estimate of drug-likeness (QED) is 0.868. The maximum atomic E-state index is 12.9. The van der Waals surface area contributed by atoms with E-state index in [4.69, 9.17) is 0 Å². The first-order chi connectivity index (χ1) is 10.7. The van der Waals surface area contributed by atoms with Crippen molar-refractivity contribution in [2.45, 2.75) is 48.7 Å². The van der Waals surface area contributed by atoms with Crippen molar-refractivity contribution in [1.82, 2.24) is 9.03 Å². The molecule has 0 amide bonds. The summed E-state index contributed by atoms with van der Waals surface area (Å²) >= 11 is 0. The molecule has 0 aromatic heterocycles. The van der Waals surface area contributed by atoms with Gasteiger partial charge in [-0.3, -0.25) is 0 Å². The predicted molar refractivity (Wildman–Crippen MR) is 83.2 cm³/mol. The molecular formula is C14H19FN2O4S2. The van der Waals surface area contributed by atoms with Crippen LogP contribution in [0, 0.1) is 5.82 Å². The number of nitrogens with one attached hydrogen (secondary N) is 1. The predicted octanol–water partition coefficient (Wildman–Crippen LogP) is 1.06. The molecule has 2 saturated heterocycles. The first-order valence-electron chi connectivity index (χ1n) is 7.43. The Labute approximate surface area is 135 Å². The zero-order chi connectivity index (χ0) is 16.8. The molecule has 1 aromatic carbocycles. The van der Waals surface area contributed by atoms with Gasteiger partial charge in [0.15, 0.2) is 0 Å². The van der Waals surface area contributed by atoms with E-state index in [0.717, 1.165) is 25.0 Å². The number of fused-ring (bicyclic) bond motifs is 2. The molecule has 23 heavy (non-hydrogen) atoms. The fourth-order valence-corrected chi connectivity index (χ4v) is 6.40. The Balaban J connectivity index is 1.75.